The zero-order chi connectivity index (χ0) is 14.5. The molecule has 0 heterocycles. The van der Waals surface area contributed by atoms with Crippen LogP contribution in [0.1, 0.15) is 28.4 Å². The van der Waals surface area contributed by atoms with E-state index in [0.717, 1.165) is 18.7 Å². The summed E-state index contributed by atoms with van der Waals surface area (Å²) < 4.78 is 0. The normalized spacial score (nSPS) is 10.3. The SMILES string of the molecule is CCc1ccccc1CNc1ccc(C(N)=O)c(Cl)c1. The Morgan fingerprint density at radius 3 is 2.50 bits per heavy atom. The first-order valence-corrected chi connectivity index (χ1v) is 6.89. The molecular weight excluding hydrogens is 272 g/mol. The Morgan fingerprint density at radius 2 is 1.90 bits per heavy atom. The van der Waals surface area contributed by atoms with Crippen LogP contribution >= 0.6 is 11.6 Å². The topological polar surface area (TPSA) is 55.1 Å². The van der Waals surface area contributed by atoms with Crippen LogP contribution < -0.4 is 11.1 Å². The minimum Gasteiger partial charge on any atom is -0.381 e. The van der Waals surface area contributed by atoms with Crippen LogP contribution in [0.15, 0.2) is 42.5 Å². The molecule has 20 heavy (non-hydrogen) atoms. The van der Waals surface area contributed by atoms with Gasteiger partial charge in [-0.15, -0.1) is 0 Å². The van der Waals surface area contributed by atoms with Gasteiger partial charge in [0.15, 0.2) is 0 Å². The standard InChI is InChI=1S/C16H17ClN2O/c1-2-11-5-3-4-6-12(11)10-19-13-7-8-14(16(18)20)15(17)9-13/h3-9,19H,2,10H2,1H3,(H2,18,20). The molecule has 0 aliphatic carbocycles. The number of carbonyl (C=O) groups excluding carboxylic acids is 1. The largest absolute Gasteiger partial charge is 0.381 e. The van der Waals surface area contributed by atoms with Crippen LogP contribution in [0.5, 0.6) is 0 Å². The van der Waals surface area contributed by atoms with Crippen molar-refractivity contribution in [2.24, 2.45) is 5.73 Å². The predicted octanol–water partition coefficient (Wildman–Crippen LogP) is 3.61. The molecule has 0 aliphatic rings. The van der Waals surface area contributed by atoms with Gasteiger partial charge in [0.25, 0.3) is 0 Å². The average Bonchev–Trinajstić information content (AvgIpc) is 2.45. The van der Waals surface area contributed by atoms with Crippen LogP contribution in [0.3, 0.4) is 0 Å². The molecule has 1 amide bonds. The van der Waals surface area contributed by atoms with Gasteiger partial charge in [-0.25, -0.2) is 0 Å². The molecule has 0 fully saturated rings. The number of amides is 1. The molecule has 2 aromatic rings. The number of anilines is 1. The zero-order valence-electron chi connectivity index (χ0n) is 11.3. The Hall–Kier alpha value is -2.00. The molecule has 0 unspecified atom stereocenters. The van der Waals surface area contributed by atoms with Gasteiger partial charge in [0.05, 0.1) is 10.6 Å². The lowest BCUT2D eigenvalue weighted by molar-refractivity contribution is 0.100. The number of nitrogens with one attached hydrogen (secondary N) is 1. The molecule has 0 aliphatic heterocycles. The second-order valence-electron chi connectivity index (χ2n) is 4.53. The number of rotatable bonds is 5. The monoisotopic (exact) mass is 288 g/mol. The Labute approximate surface area is 123 Å². The maximum atomic E-state index is 11.1. The van der Waals surface area contributed by atoms with Crippen LogP contribution in [0.2, 0.25) is 5.02 Å². The van der Waals surface area contributed by atoms with Crippen molar-refractivity contribution in [1.82, 2.24) is 0 Å². The minimum absolute atomic E-state index is 0.339. The molecule has 0 bridgehead atoms. The highest BCUT2D eigenvalue weighted by atomic mass is 35.5. The molecule has 0 aromatic heterocycles. The third kappa shape index (κ3) is 3.31. The van der Waals surface area contributed by atoms with E-state index >= 15 is 0 Å². The first-order chi connectivity index (χ1) is 9.61. The summed E-state index contributed by atoms with van der Waals surface area (Å²) in [6.07, 6.45) is 0.999. The van der Waals surface area contributed by atoms with E-state index in [2.05, 4.69) is 24.4 Å². The molecule has 2 aromatic carbocycles. The summed E-state index contributed by atoms with van der Waals surface area (Å²) in [5, 5.41) is 3.67. The number of aryl methyl sites for hydroxylation is 1. The molecule has 3 N–H and O–H groups in total. The Balaban J connectivity index is 2.11. The molecule has 0 saturated carbocycles. The second kappa shape index (κ2) is 6.44. The van der Waals surface area contributed by atoms with E-state index in [-0.39, 0.29) is 0 Å². The highest BCUT2D eigenvalue weighted by Gasteiger charge is 2.07. The van der Waals surface area contributed by atoms with Crippen molar-refractivity contribution in [1.29, 1.82) is 0 Å². The van der Waals surface area contributed by atoms with Gasteiger partial charge in [-0.2, -0.15) is 0 Å². The van der Waals surface area contributed by atoms with E-state index in [1.807, 2.05) is 12.1 Å². The minimum atomic E-state index is -0.516. The van der Waals surface area contributed by atoms with Crippen LogP contribution in [0.25, 0.3) is 0 Å². The predicted molar refractivity (Wildman–Crippen MR) is 83.1 cm³/mol. The molecule has 3 nitrogen and oxygen atoms in total. The summed E-state index contributed by atoms with van der Waals surface area (Å²) in [5.74, 6) is -0.516. The summed E-state index contributed by atoms with van der Waals surface area (Å²) in [4.78, 5) is 11.1. The molecule has 0 atom stereocenters. The van der Waals surface area contributed by atoms with Gasteiger partial charge in [-0.3, -0.25) is 4.79 Å². The van der Waals surface area contributed by atoms with E-state index < -0.39 is 5.91 Å². The maximum absolute atomic E-state index is 11.1. The first kappa shape index (κ1) is 14.4. The van der Waals surface area contributed by atoms with Crippen molar-refractivity contribution in [2.45, 2.75) is 19.9 Å². The van der Waals surface area contributed by atoms with Crippen molar-refractivity contribution in [3.05, 3.63) is 64.2 Å². The van der Waals surface area contributed by atoms with Crippen molar-refractivity contribution in [2.75, 3.05) is 5.32 Å². The van der Waals surface area contributed by atoms with Gasteiger partial charge in [0.2, 0.25) is 5.91 Å². The molecular formula is C16H17ClN2O. The summed E-state index contributed by atoms with van der Waals surface area (Å²) in [5.41, 5.74) is 9.00. The highest BCUT2D eigenvalue weighted by Crippen LogP contribution is 2.21. The summed E-state index contributed by atoms with van der Waals surface area (Å²) in [6.45, 7) is 2.85. The van der Waals surface area contributed by atoms with Crippen LogP contribution in [-0.4, -0.2) is 5.91 Å². The molecule has 2 rings (SSSR count). The fourth-order valence-electron chi connectivity index (χ4n) is 2.10. The average molecular weight is 289 g/mol. The molecule has 104 valence electrons. The number of primary amides is 1. The van der Waals surface area contributed by atoms with Crippen molar-refractivity contribution in [3.63, 3.8) is 0 Å². The number of halogens is 1. The van der Waals surface area contributed by atoms with Crippen molar-refractivity contribution >= 4 is 23.2 Å². The summed E-state index contributed by atoms with van der Waals surface area (Å²) >= 11 is 6.02. The highest BCUT2D eigenvalue weighted by molar-refractivity contribution is 6.34. The number of hydrogen-bond donors (Lipinski definition) is 2. The maximum Gasteiger partial charge on any atom is 0.250 e. The van der Waals surface area contributed by atoms with Gasteiger partial charge in [0.1, 0.15) is 0 Å². The van der Waals surface area contributed by atoms with Crippen LogP contribution in [-0.2, 0) is 13.0 Å². The van der Waals surface area contributed by atoms with Crippen LogP contribution in [0, 0.1) is 0 Å². The summed E-state index contributed by atoms with van der Waals surface area (Å²) in [6, 6.07) is 13.5. The van der Waals surface area contributed by atoms with Crippen molar-refractivity contribution in [3.8, 4) is 0 Å². The van der Waals surface area contributed by atoms with Crippen LogP contribution in [0.4, 0.5) is 5.69 Å². The third-order valence-corrected chi connectivity index (χ3v) is 3.53. The van der Waals surface area contributed by atoms with Gasteiger partial charge in [-0.05, 0) is 35.7 Å². The van der Waals surface area contributed by atoms with Gasteiger partial charge >= 0.3 is 0 Å². The summed E-state index contributed by atoms with van der Waals surface area (Å²) in [7, 11) is 0. The van der Waals surface area contributed by atoms with E-state index in [4.69, 9.17) is 17.3 Å². The molecule has 0 spiro atoms. The fourth-order valence-corrected chi connectivity index (χ4v) is 2.37. The lowest BCUT2D eigenvalue weighted by Crippen LogP contribution is -2.11. The van der Waals surface area contributed by atoms with Crippen molar-refractivity contribution < 1.29 is 4.79 Å². The Bertz CT molecular complexity index is 626. The lowest BCUT2D eigenvalue weighted by atomic mass is 10.1. The molecule has 4 heteroatoms. The smallest absolute Gasteiger partial charge is 0.250 e. The lowest BCUT2D eigenvalue weighted by Gasteiger charge is -2.11. The first-order valence-electron chi connectivity index (χ1n) is 6.51. The molecule has 0 radical (unpaired) electrons. The second-order valence-corrected chi connectivity index (χ2v) is 4.94. The number of nitrogens with two attached hydrogens (primary N) is 1. The Kier molecular flexibility index (Phi) is 4.64. The van der Waals surface area contributed by atoms with E-state index in [0.29, 0.717) is 10.6 Å². The Morgan fingerprint density at radius 1 is 1.20 bits per heavy atom. The quantitative estimate of drug-likeness (QED) is 0.883. The zero-order valence-corrected chi connectivity index (χ0v) is 12.1. The fraction of sp³-hybridized carbons (Fsp3) is 0.188. The number of hydrogen-bond acceptors (Lipinski definition) is 2. The van der Waals surface area contributed by atoms with Gasteiger partial charge in [-0.1, -0.05) is 42.8 Å². The van der Waals surface area contributed by atoms with E-state index in [9.17, 15) is 4.79 Å². The van der Waals surface area contributed by atoms with Gasteiger partial charge in [0, 0.05) is 12.2 Å². The van der Waals surface area contributed by atoms with Gasteiger partial charge < -0.3 is 11.1 Å². The van der Waals surface area contributed by atoms with E-state index in [1.165, 1.54) is 11.1 Å². The third-order valence-electron chi connectivity index (χ3n) is 3.22. The van der Waals surface area contributed by atoms with E-state index in [1.54, 1.807) is 18.2 Å². The number of carbonyl (C=O) groups is 1. The number of benzene rings is 2. The molecule has 0 saturated heterocycles.